The summed E-state index contributed by atoms with van der Waals surface area (Å²) in [5.74, 6) is 2.71. The predicted octanol–water partition coefficient (Wildman–Crippen LogP) is 2.68. The van der Waals surface area contributed by atoms with Gasteiger partial charge in [-0.1, -0.05) is 6.07 Å². The van der Waals surface area contributed by atoms with Gasteiger partial charge in [0.25, 0.3) is 0 Å². The molecule has 2 saturated heterocycles. The highest BCUT2D eigenvalue weighted by molar-refractivity contribution is 7.99. The van der Waals surface area contributed by atoms with Crippen molar-refractivity contribution in [3.8, 4) is 0 Å². The van der Waals surface area contributed by atoms with Gasteiger partial charge in [-0.25, -0.2) is 0 Å². The fourth-order valence-electron chi connectivity index (χ4n) is 3.33. The van der Waals surface area contributed by atoms with E-state index in [1.165, 1.54) is 5.75 Å². The van der Waals surface area contributed by atoms with E-state index in [1.54, 1.807) is 0 Å². The molecular weight excluding hydrogens is 270 g/mol. The Labute approximate surface area is 125 Å². The van der Waals surface area contributed by atoms with Gasteiger partial charge in [-0.2, -0.15) is 11.8 Å². The molecule has 2 aliphatic rings. The molecule has 0 bridgehead atoms. The van der Waals surface area contributed by atoms with Crippen LogP contribution in [-0.4, -0.2) is 39.9 Å². The van der Waals surface area contributed by atoms with Crippen molar-refractivity contribution in [1.29, 1.82) is 0 Å². The Hall–Kier alpha value is -0.580. The van der Waals surface area contributed by atoms with E-state index in [9.17, 15) is 5.11 Å². The first kappa shape index (κ1) is 14.4. The van der Waals surface area contributed by atoms with E-state index in [-0.39, 0.29) is 11.7 Å². The van der Waals surface area contributed by atoms with Gasteiger partial charge in [-0.15, -0.1) is 0 Å². The van der Waals surface area contributed by atoms with E-state index in [4.69, 9.17) is 4.74 Å². The lowest BCUT2D eigenvalue weighted by Crippen LogP contribution is -2.43. The van der Waals surface area contributed by atoms with Crippen LogP contribution in [0.5, 0.6) is 0 Å². The summed E-state index contributed by atoms with van der Waals surface area (Å²) < 4.78 is 6.03. The van der Waals surface area contributed by atoms with Crippen LogP contribution in [0.1, 0.15) is 31.4 Å². The van der Waals surface area contributed by atoms with E-state index in [0.29, 0.717) is 5.92 Å². The number of pyridine rings is 1. The third-order valence-electron chi connectivity index (χ3n) is 4.56. The molecule has 1 aromatic rings. The molecule has 0 amide bonds. The summed E-state index contributed by atoms with van der Waals surface area (Å²) in [6, 6.07) is 5.97. The second kappa shape index (κ2) is 6.46. The van der Waals surface area contributed by atoms with Crippen molar-refractivity contribution in [3.63, 3.8) is 0 Å². The maximum absolute atomic E-state index is 10.5. The SMILES string of the molecule is OC(CCc1ccccn1)C1CCOC2(CCSC2)C1. The molecule has 2 aliphatic heterocycles. The molecule has 1 N–H and O–H groups in total. The van der Waals surface area contributed by atoms with E-state index < -0.39 is 0 Å². The van der Waals surface area contributed by atoms with Gasteiger partial charge in [0, 0.05) is 24.3 Å². The average Bonchev–Trinajstić information content (AvgIpc) is 2.93. The highest BCUT2D eigenvalue weighted by Gasteiger charge is 2.42. The zero-order valence-electron chi connectivity index (χ0n) is 11.8. The number of ether oxygens (including phenoxy) is 1. The molecule has 0 saturated carbocycles. The standard InChI is InChI=1S/C16H23NO2S/c18-15(5-4-14-3-1-2-8-17-14)13-6-9-19-16(11-13)7-10-20-12-16/h1-3,8,13,15,18H,4-7,9-12H2. The van der Waals surface area contributed by atoms with Crippen molar-refractivity contribution < 1.29 is 9.84 Å². The van der Waals surface area contributed by atoms with Crippen LogP contribution < -0.4 is 0 Å². The van der Waals surface area contributed by atoms with E-state index in [2.05, 4.69) is 4.98 Å². The van der Waals surface area contributed by atoms with Crippen molar-refractivity contribution in [1.82, 2.24) is 4.98 Å². The number of hydrogen-bond donors (Lipinski definition) is 1. The number of rotatable bonds is 4. The molecule has 20 heavy (non-hydrogen) atoms. The molecule has 0 radical (unpaired) electrons. The minimum absolute atomic E-state index is 0.0690. The number of aromatic nitrogens is 1. The summed E-state index contributed by atoms with van der Waals surface area (Å²) in [7, 11) is 0. The summed E-state index contributed by atoms with van der Waals surface area (Å²) in [6.07, 6.45) is 6.45. The maximum Gasteiger partial charge on any atom is 0.0783 e. The van der Waals surface area contributed by atoms with E-state index >= 15 is 0 Å². The first-order chi connectivity index (χ1) is 9.77. The van der Waals surface area contributed by atoms with Crippen LogP contribution in [0.3, 0.4) is 0 Å². The summed E-state index contributed by atoms with van der Waals surface area (Å²) >= 11 is 1.99. The summed E-state index contributed by atoms with van der Waals surface area (Å²) in [5.41, 5.74) is 1.14. The van der Waals surface area contributed by atoms with E-state index in [1.807, 2.05) is 36.2 Å². The van der Waals surface area contributed by atoms with Gasteiger partial charge in [-0.05, 0) is 55.9 Å². The maximum atomic E-state index is 10.5. The van der Waals surface area contributed by atoms with Gasteiger partial charge in [0.05, 0.1) is 11.7 Å². The van der Waals surface area contributed by atoms with Crippen LogP contribution >= 0.6 is 11.8 Å². The number of aliphatic hydroxyl groups is 1. The summed E-state index contributed by atoms with van der Waals surface area (Å²) in [4.78, 5) is 4.33. The van der Waals surface area contributed by atoms with E-state index in [0.717, 1.165) is 50.2 Å². The minimum atomic E-state index is -0.219. The molecule has 1 spiro atoms. The smallest absolute Gasteiger partial charge is 0.0783 e. The minimum Gasteiger partial charge on any atom is -0.393 e. The van der Waals surface area contributed by atoms with Crippen molar-refractivity contribution in [2.75, 3.05) is 18.1 Å². The molecule has 3 unspecified atom stereocenters. The lowest BCUT2D eigenvalue weighted by molar-refractivity contribution is -0.102. The molecule has 1 aromatic heterocycles. The first-order valence-electron chi connectivity index (χ1n) is 7.57. The Balaban J connectivity index is 1.53. The normalized spacial score (nSPS) is 31.6. The zero-order chi connectivity index (χ0) is 13.8. The summed E-state index contributed by atoms with van der Waals surface area (Å²) in [6.45, 7) is 0.811. The Bertz CT molecular complexity index is 420. The van der Waals surface area contributed by atoms with Crippen LogP contribution in [0.15, 0.2) is 24.4 Å². The largest absolute Gasteiger partial charge is 0.393 e. The molecular formula is C16H23NO2S. The summed E-state index contributed by atoms with van der Waals surface area (Å²) in [5, 5.41) is 10.5. The van der Waals surface area contributed by atoms with Crippen LogP contribution in [-0.2, 0) is 11.2 Å². The van der Waals surface area contributed by atoms with Gasteiger partial charge >= 0.3 is 0 Å². The van der Waals surface area contributed by atoms with Gasteiger partial charge in [0.2, 0.25) is 0 Å². The van der Waals surface area contributed by atoms with Crippen molar-refractivity contribution in [3.05, 3.63) is 30.1 Å². The number of nitrogens with zero attached hydrogens (tertiary/aromatic N) is 1. The van der Waals surface area contributed by atoms with Crippen LogP contribution in [0.25, 0.3) is 0 Å². The molecule has 4 heteroatoms. The highest BCUT2D eigenvalue weighted by Crippen LogP contribution is 2.41. The first-order valence-corrected chi connectivity index (χ1v) is 8.73. The fraction of sp³-hybridized carbons (Fsp3) is 0.688. The quantitative estimate of drug-likeness (QED) is 0.927. The number of aliphatic hydroxyl groups excluding tert-OH is 1. The lowest BCUT2D eigenvalue weighted by atomic mass is 9.81. The van der Waals surface area contributed by atoms with Crippen molar-refractivity contribution in [2.45, 2.75) is 43.8 Å². The second-order valence-corrected chi connectivity index (χ2v) is 7.12. The number of thioether (sulfide) groups is 1. The predicted molar refractivity (Wildman–Crippen MR) is 81.9 cm³/mol. The Morgan fingerprint density at radius 2 is 2.45 bits per heavy atom. The van der Waals surface area contributed by atoms with Gasteiger partial charge in [0.15, 0.2) is 0 Å². The molecule has 0 aliphatic carbocycles. The molecule has 3 nitrogen and oxygen atoms in total. The molecule has 2 fully saturated rings. The van der Waals surface area contributed by atoms with Crippen molar-refractivity contribution >= 4 is 11.8 Å². The third kappa shape index (κ3) is 3.35. The lowest BCUT2D eigenvalue weighted by Gasteiger charge is -2.39. The van der Waals surface area contributed by atoms with Crippen molar-refractivity contribution in [2.24, 2.45) is 5.92 Å². The zero-order valence-corrected chi connectivity index (χ0v) is 12.6. The molecule has 3 heterocycles. The molecule has 110 valence electrons. The topological polar surface area (TPSA) is 42.4 Å². The Morgan fingerprint density at radius 3 is 3.20 bits per heavy atom. The number of aryl methyl sites for hydroxylation is 1. The Kier molecular flexibility index (Phi) is 4.64. The fourth-order valence-corrected chi connectivity index (χ4v) is 4.71. The third-order valence-corrected chi connectivity index (χ3v) is 5.79. The Morgan fingerprint density at radius 1 is 1.50 bits per heavy atom. The highest BCUT2D eigenvalue weighted by atomic mass is 32.2. The molecule has 3 rings (SSSR count). The van der Waals surface area contributed by atoms with Crippen LogP contribution in [0, 0.1) is 5.92 Å². The number of hydrogen-bond acceptors (Lipinski definition) is 4. The van der Waals surface area contributed by atoms with Crippen LogP contribution in [0.4, 0.5) is 0 Å². The van der Waals surface area contributed by atoms with Crippen LogP contribution in [0.2, 0.25) is 0 Å². The molecule has 0 aromatic carbocycles. The van der Waals surface area contributed by atoms with Gasteiger partial charge in [-0.3, -0.25) is 4.98 Å². The monoisotopic (exact) mass is 293 g/mol. The van der Waals surface area contributed by atoms with Gasteiger partial charge in [0.1, 0.15) is 0 Å². The van der Waals surface area contributed by atoms with Gasteiger partial charge < -0.3 is 9.84 Å². The molecule has 3 atom stereocenters. The average molecular weight is 293 g/mol. The second-order valence-electron chi connectivity index (χ2n) is 6.01.